The van der Waals surface area contributed by atoms with Crippen molar-refractivity contribution in [1.29, 1.82) is 0 Å². The van der Waals surface area contributed by atoms with E-state index >= 15 is 0 Å². The number of aromatic nitrogens is 1. The zero-order valence-corrected chi connectivity index (χ0v) is 11.5. The highest BCUT2D eigenvalue weighted by atomic mass is 16.5. The number of ether oxygens (including phenoxy) is 1. The molecule has 1 N–H and O–H groups in total. The molecule has 1 aliphatic rings. The van der Waals surface area contributed by atoms with Gasteiger partial charge in [-0.25, -0.2) is 4.98 Å². The third-order valence-corrected chi connectivity index (χ3v) is 3.88. The summed E-state index contributed by atoms with van der Waals surface area (Å²) in [6.07, 6.45) is 8.53. The van der Waals surface area contributed by atoms with Crippen molar-refractivity contribution in [2.45, 2.75) is 45.1 Å². The Bertz CT molecular complexity index is 361. The van der Waals surface area contributed by atoms with E-state index in [1.807, 2.05) is 19.3 Å². The van der Waals surface area contributed by atoms with Crippen LogP contribution in [0.4, 0.5) is 0 Å². The van der Waals surface area contributed by atoms with Crippen LogP contribution in [0.5, 0.6) is 5.88 Å². The minimum absolute atomic E-state index is 0.278. The average molecular weight is 248 g/mol. The van der Waals surface area contributed by atoms with Gasteiger partial charge in [-0.3, -0.25) is 0 Å². The molecule has 3 heteroatoms. The summed E-state index contributed by atoms with van der Waals surface area (Å²) in [5.41, 5.74) is 1.15. The molecule has 1 aromatic heterocycles. The zero-order chi connectivity index (χ0) is 12.8. The summed E-state index contributed by atoms with van der Waals surface area (Å²) >= 11 is 0. The number of hydrogen-bond acceptors (Lipinski definition) is 3. The second-order valence-electron chi connectivity index (χ2n) is 5.22. The number of pyridine rings is 1. The fourth-order valence-corrected chi connectivity index (χ4v) is 2.56. The third kappa shape index (κ3) is 3.45. The Balaban J connectivity index is 1.95. The van der Waals surface area contributed by atoms with Crippen molar-refractivity contribution in [3.05, 3.63) is 23.9 Å². The molecule has 0 amide bonds. The van der Waals surface area contributed by atoms with Crippen LogP contribution in [0.2, 0.25) is 0 Å². The van der Waals surface area contributed by atoms with Gasteiger partial charge in [0.15, 0.2) is 0 Å². The van der Waals surface area contributed by atoms with Gasteiger partial charge >= 0.3 is 0 Å². The van der Waals surface area contributed by atoms with E-state index in [1.54, 1.807) is 0 Å². The molecular weight excluding hydrogens is 224 g/mol. The molecule has 1 aromatic rings. The SMILES string of the molecule is CNC(C)c1cccnc1OCC1CCCCC1. The predicted molar refractivity (Wildman–Crippen MR) is 73.8 cm³/mol. The Morgan fingerprint density at radius 1 is 1.39 bits per heavy atom. The molecule has 0 aliphatic heterocycles. The molecule has 3 nitrogen and oxygen atoms in total. The number of hydrogen-bond donors (Lipinski definition) is 1. The van der Waals surface area contributed by atoms with Gasteiger partial charge in [-0.2, -0.15) is 0 Å². The van der Waals surface area contributed by atoms with Crippen LogP contribution in [0.25, 0.3) is 0 Å². The third-order valence-electron chi connectivity index (χ3n) is 3.88. The monoisotopic (exact) mass is 248 g/mol. The van der Waals surface area contributed by atoms with Gasteiger partial charge in [-0.1, -0.05) is 25.3 Å². The van der Waals surface area contributed by atoms with Crippen molar-refractivity contribution in [3.63, 3.8) is 0 Å². The van der Waals surface area contributed by atoms with Gasteiger partial charge in [0.05, 0.1) is 6.61 Å². The molecule has 100 valence electrons. The van der Waals surface area contributed by atoms with Crippen molar-refractivity contribution in [2.75, 3.05) is 13.7 Å². The maximum Gasteiger partial charge on any atom is 0.218 e. The molecule has 0 bridgehead atoms. The average Bonchev–Trinajstić information content (AvgIpc) is 2.45. The number of rotatable bonds is 5. The summed E-state index contributed by atoms with van der Waals surface area (Å²) in [4.78, 5) is 4.37. The molecule has 1 atom stereocenters. The summed E-state index contributed by atoms with van der Waals surface area (Å²) in [6, 6.07) is 4.33. The molecule has 1 saturated carbocycles. The van der Waals surface area contributed by atoms with Crippen molar-refractivity contribution in [2.24, 2.45) is 5.92 Å². The molecule has 1 aliphatic carbocycles. The lowest BCUT2D eigenvalue weighted by atomic mass is 9.90. The van der Waals surface area contributed by atoms with E-state index in [1.165, 1.54) is 32.1 Å². The Kier molecular flexibility index (Phi) is 5.00. The Hall–Kier alpha value is -1.09. The highest BCUT2D eigenvalue weighted by Gasteiger charge is 2.16. The molecule has 2 rings (SSSR count). The topological polar surface area (TPSA) is 34.2 Å². The predicted octanol–water partition coefficient (Wildman–Crippen LogP) is 3.32. The molecule has 18 heavy (non-hydrogen) atoms. The molecule has 1 fully saturated rings. The summed E-state index contributed by atoms with van der Waals surface area (Å²) in [5, 5.41) is 3.24. The maximum atomic E-state index is 5.95. The minimum atomic E-state index is 0.278. The summed E-state index contributed by atoms with van der Waals surface area (Å²) in [7, 11) is 1.96. The first kappa shape index (κ1) is 13.3. The van der Waals surface area contributed by atoms with E-state index in [0.717, 1.165) is 24.0 Å². The number of nitrogens with one attached hydrogen (secondary N) is 1. The van der Waals surface area contributed by atoms with Crippen molar-refractivity contribution >= 4 is 0 Å². The van der Waals surface area contributed by atoms with Crippen molar-refractivity contribution in [1.82, 2.24) is 10.3 Å². The standard InChI is InChI=1S/C15H24N2O/c1-12(16-2)14-9-6-10-17-15(14)18-11-13-7-4-3-5-8-13/h6,9-10,12-13,16H,3-5,7-8,11H2,1-2H3. The zero-order valence-electron chi connectivity index (χ0n) is 11.5. The van der Waals surface area contributed by atoms with Gasteiger partial charge < -0.3 is 10.1 Å². The second-order valence-corrected chi connectivity index (χ2v) is 5.22. The van der Waals surface area contributed by atoms with Crippen LogP contribution in [-0.2, 0) is 0 Å². The Labute approximate surface area is 110 Å². The van der Waals surface area contributed by atoms with Crippen LogP contribution in [-0.4, -0.2) is 18.6 Å². The van der Waals surface area contributed by atoms with Crippen LogP contribution >= 0.6 is 0 Å². The van der Waals surface area contributed by atoms with Gasteiger partial charge in [-0.05, 0) is 38.8 Å². The van der Waals surface area contributed by atoms with Crippen LogP contribution in [0.3, 0.4) is 0 Å². The van der Waals surface area contributed by atoms with Gasteiger partial charge in [0.1, 0.15) is 0 Å². The minimum Gasteiger partial charge on any atom is -0.477 e. The molecule has 0 saturated heterocycles. The lowest BCUT2D eigenvalue weighted by Gasteiger charge is -2.22. The first-order valence-corrected chi connectivity index (χ1v) is 7.06. The number of nitrogens with zero attached hydrogens (tertiary/aromatic N) is 1. The Morgan fingerprint density at radius 2 is 2.17 bits per heavy atom. The van der Waals surface area contributed by atoms with Crippen LogP contribution in [0, 0.1) is 5.92 Å². The van der Waals surface area contributed by atoms with Gasteiger partial charge in [-0.15, -0.1) is 0 Å². The molecule has 1 unspecified atom stereocenters. The Morgan fingerprint density at radius 3 is 2.89 bits per heavy atom. The van der Waals surface area contributed by atoms with E-state index in [-0.39, 0.29) is 6.04 Å². The first-order valence-electron chi connectivity index (χ1n) is 7.06. The first-order chi connectivity index (χ1) is 8.81. The van der Waals surface area contributed by atoms with E-state index in [4.69, 9.17) is 4.74 Å². The molecule has 0 radical (unpaired) electrons. The summed E-state index contributed by atoms with van der Waals surface area (Å²) in [6.45, 7) is 2.95. The summed E-state index contributed by atoms with van der Waals surface area (Å²) < 4.78 is 5.95. The van der Waals surface area contributed by atoms with Gasteiger partial charge in [0.25, 0.3) is 0 Å². The fourth-order valence-electron chi connectivity index (χ4n) is 2.56. The highest BCUT2D eigenvalue weighted by molar-refractivity contribution is 5.28. The lowest BCUT2D eigenvalue weighted by Crippen LogP contribution is -2.18. The van der Waals surface area contributed by atoms with E-state index < -0.39 is 0 Å². The normalized spacial score (nSPS) is 18.6. The molecular formula is C15H24N2O. The van der Waals surface area contributed by atoms with Crippen LogP contribution in [0.1, 0.15) is 50.6 Å². The molecule has 1 heterocycles. The second kappa shape index (κ2) is 6.74. The highest BCUT2D eigenvalue weighted by Crippen LogP contribution is 2.26. The van der Waals surface area contributed by atoms with E-state index in [9.17, 15) is 0 Å². The van der Waals surface area contributed by atoms with E-state index in [2.05, 4.69) is 23.3 Å². The molecule has 0 spiro atoms. The van der Waals surface area contributed by atoms with E-state index in [0.29, 0.717) is 0 Å². The van der Waals surface area contributed by atoms with Crippen molar-refractivity contribution < 1.29 is 4.74 Å². The summed E-state index contributed by atoms with van der Waals surface area (Å²) in [5.74, 6) is 1.52. The maximum absolute atomic E-state index is 5.95. The quantitative estimate of drug-likeness (QED) is 0.868. The van der Waals surface area contributed by atoms with Crippen LogP contribution in [0.15, 0.2) is 18.3 Å². The van der Waals surface area contributed by atoms with Crippen molar-refractivity contribution in [3.8, 4) is 5.88 Å². The van der Waals surface area contributed by atoms with Gasteiger partial charge in [0, 0.05) is 17.8 Å². The van der Waals surface area contributed by atoms with Crippen LogP contribution < -0.4 is 10.1 Å². The smallest absolute Gasteiger partial charge is 0.218 e. The fraction of sp³-hybridized carbons (Fsp3) is 0.667. The van der Waals surface area contributed by atoms with Gasteiger partial charge in [0.2, 0.25) is 5.88 Å². The largest absolute Gasteiger partial charge is 0.477 e. The molecule has 0 aromatic carbocycles. The lowest BCUT2D eigenvalue weighted by molar-refractivity contribution is 0.200.